The van der Waals surface area contributed by atoms with Gasteiger partial charge in [0.1, 0.15) is 12.4 Å². The van der Waals surface area contributed by atoms with Crippen LogP contribution in [0.4, 0.5) is 0 Å². The molecule has 0 aliphatic rings. The Labute approximate surface area is 113 Å². The van der Waals surface area contributed by atoms with Gasteiger partial charge in [0.05, 0.1) is 24.1 Å². The van der Waals surface area contributed by atoms with Crippen LogP contribution < -0.4 is 4.74 Å². The van der Waals surface area contributed by atoms with E-state index in [0.717, 1.165) is 17.9 Å². The summed E-state index contributed by atoms with van der Waals surface area (Å²) >= 11 is 0. The number of carbonyl (C=O) groups excluding carboxylic acids is 1. The van der Waals surface area contributed by atoms with Crippen molar-refractivity contribution in [2.24, 2.45) is 0 Å². The molecule has 1 aromatic carbocycles. The molecule has 4 heteroatoms. The first-order valence-electron chi connectivity index (χ1n) is 6.30. The number of ketones is 1. The van der Waals surface area contributed by atoms with E-state index >= 15 is 0 Å². The summed E-state index contributed by atoms with van der Waals surface area (Å²) < 4.78 is 7.74. The van der Waals surface area contributed by atoms with E-state index in [4.69, 9.17) is 4.74 Å². The number of hydrogen-bond acceptors (Lipinski definition) is 3. The van der Waals surface area contributed by atoms with Crippen molar-refractivity contribution in [2.45, 2.75) is 27.3 Å². The van der Waals surface area contributed by atoms with Crippen LogP contribution >= 0.6 is 0 Å². The summed E-state index contributed by atoms with van der Waals surface area (Å²) in [5, 5.41) is 0. The molecule has 0 aliphatic heterocycles. The smallest absolute Gasteiger partial charge is 0.163 e. The zero-order valence-corrected chi connectivity index (χ0v) is 11.5. The lowest BCUT2D eigenvalue weighted by Crippen LogP contribution is -2.10. The number of Topliss-reactive ketones (excluding diaryl/α,β-unsaturated/α-hetero) is 1. The molecule has 2 aromatic rings. The monoisotopic (exact) mass is 258 g/mol. The summed E-state index contributed by atoms with van der Waals surface area (Å²) in [5.41, 5.74) is 2.80. The Kier molecular flexibility index (Phi) is 4.00. The molecule has 0 radical (unpaired) electrons. The van der Waals surface area contributed by atoms with E-state index in [9.17, 15) is 4.79 Å². The van der Waals surface area contributed by atoms with Crippen LogP contribution in [0.1, 0.15) is 28.7 Å². The van der Waals surface area contributed by atoms with Gasteiger partial charge in [-0.15, -0.1) is 0 Å². The van der Waals surface area contributed by atoms with Crippen molar-refractivity contribution >= 4 is 5.78 Å². The molecule has 0 saturated heterocycles. The van der Waals surface area contributed by atoms with Crippen LogP contribution in [0.3, 0.4) is 0 Å². The summed E-state index contributed by atoms with van der Waals surface area (Å²) in [6.07, 6.45) is 1.81. The van der Waals surface area contributed by atoms with Crippen molar-refractivity contribution in [3.8, 4) is 5.75 Å². The number of aryl methyl sites for hydroxylation is 1. The minimum atomic E-state index is 0.0188. The number of ether oxygens (including phenoxy) is 1. The fourth-order valence-corrected chi connectivity index (χ4v) is 1.91. The van der Waals surface area contributed by atoms with Crippen LogP contribution in [0.2, 0.25) is 0 Å². The molecule has 0 atom stereocenters. The maximum absolute atomic E-state index is 11.5. The molecule has 1 aromatic heterocycles. The van der Waals surface area contributed by atoms with Gasteiger partial charge >= 0.3 is 0 Å². The minimum Gasteiger partial charge on any atom is -0.491 e. The summed E-state index contributed by atoms with van der Waals surface area (Å²) in [6.45, 7) is 6.80. The van der Waals surface area contributed by atoms with Crippen molar-refractivity contribution in [1.29, 1.82) is 0 Å². The highest BCUT2D eigenvalue weighted by molar-refractivity contribution is 5.96. The SMILES string of the molecule is CC(=O)c1ccccc1OCCn1cnc(C)c1C. The first kappa shape index (κ1) is 13.3. The van der Waals surface area contributed by atoms with Crippen LogP contribution in [0.15, 0.2) is 30.6 Å². The first-order valence-corrected chi connectivity index (χ1v) is 6.30. The number of aromatic nitrogens is 2. The average Bonchev–Trinajstić information content (AvgIpc) is 2.71. The van der Waals surface area contributed by atoms with Gasteiger partial charge in [0, 0.05) is 5.69 Å². The molecule has 0 bridgehead atoms. The van der Waals surface area contributed by atoms with Gasteiger partial charge in [-0.25, -0.2) is 4.98 Å². The third-order valence-electron chi connectivity index (χ3n) is 3.20. The van der Waals surface area contributed by atoms with E-state index in [1.165, 1.54) is 0 Å². The van der Waals surface area contributed by atoms with Gasteiger partial charge in [0.15, 0.2) is 5.78 Å². The van der Waals surface area contributed by atoms with Gasteiger partial charge in [-0.2, -0.15) is 0 Å². The molecule has 19 heavy (non-hydrogen) atoms. The van der Waals surface area contributed by atoms with Crippen LogP contribution in [-0.4, -0.2) is 21.9 Å². The van der Waals surface area contributed by atoms with E-state index in [1.54, 1.807) is 13.0 Å². The summed E-state index contributed by atoms with van der Waals surface area (Å²) in [7, 11) is 0. The quantitative estimate of drug-likeness (QED) is 0.775. The van der Waals surface area contributed by atoms with E-state index in [-0.39, 0.29) is 5.78 Å². The Hall–Kier alpha value is -2.10. The third kappa shape index (κ3) is 3.02. The fourth-order valence-electron chi connectivity index (χ4n) is 1.91. The van der Waals surface area contributed by atoms with Crippen LogP contribution in [-0.2, 0) is 6.54 Å². The van der Waals surface area contributed by atoms with Crippen LogP contribution in [0.5, 0.6) is 5.75 Å². The number of imidazole rings is 1. The van der Waals surface area contributed by atoms with Crippen molar-refractivity contribution < 1.29 is 9.53 Å². The number of nitrogens with zero attached hydrogens (tertiary/aromatic N) is 2. The Morgan fingerprint density at radius 2 is 2.05 bits per heavy atom. The van der Waals surface area contributed by atoms with Crippen LogP contribution in [0, 0.1) is 13.8 Å². The second-order valence-corrected chi connectivity index (χ2v) is 4.51. The highest BCUT2D eigenvalue weighted by atomic mass is 16.5. The Morgan fingerprint density at radius 1 is 1.32 bits per heavy atom. The fraction of sp³-hybridized carbons (Fsp3) is 0.333. The lowest BCUT2D eigenvalue weighted by molar-refractivity contribution is 0.101. The number of hydrogen-bond donors (Lipinski definition) is 0. The molecule has 2 rings (SSSR count). The highest BCUT2D eigenvalue weighted by Gasteiger charge is 2.07. The molecule has 1 heterocycles. The normalized spacial score (nSPS) is 10.5. The molecule has 0 unspecified atom stereocenters. The van der Waals surface area contributed by atoms with Gasteiger partial charge in [0.25, 0.3) is 0 Å². The van der Waals surface area contributed by atoms with Gasteiger partial charge in [0.2, 0.25) is 0 Å². The van der Waals surface area contributed by atoms with E-state index < -0.39 is 0 Å². The Morgan fingerprint density at radius 3 is 2.68 bits per heavy atom. The van der Waals surface area contributed by atoms with Crippen molar-refractivity contribution in [2.75, 3.05) is 6.61 Å². The molecule has 100 valence electrons. The Bertz CT molecular complexity index is 588. The zero-order valence-electron chi connectivity index (χ0n) is 11.5. The molecule has 0 saturated carbocycles. The van der Waals surface area contributed by atoms with E-state index in [1.807, 2.05) is 42.9 Å². The second-order valence-electron chi connectivity index (χ2n) is 4.51. The van der Waals surface area contributed by atoms with Gasteiger partial charge < -0.3 is 9.30 Å². The van der Waals surface area contributed by atoms with Gasteiger partial charge in [-0.05, 0) is 32.9 Å². The summed E-state index contributed by atoms with van der Waals surface area (Å²) in [6, 6.07) is 7.31. The minimum absolute atomic E-state index is 0.0188. The first-order chi connectivity index (χ1) is 9.09. The molecular formula is C15H18N2O2. The predicted octanol–water partition coefficient (Wildman–Crippen LogP) is 2.78. The number of para-hydroxylation sites is 1. The Balaban J connectivity index is 2.00. The van der Waals surface area contributed by atoms with Crippen molar-refractivity contribution in [3.05, 3.63) is 47.5 Å². The maximum atomic E-state index is 11.5. The topological polar surface area (TPSA) is 44.1 Å². The molecule has 0 N–H and O–H groups in total. The molecule has 0 spiro atoms. The van der Waals surface area contributed by atoms with Crippen molar-refractivity contribution in [1.82, 2.24) is 9.55 Å². The third-order valence-corrected chi connectivity index (χ3v) is 3.20. The standard InChI is InChI=1S/C15H18N2O2/c1-11-12(2)17(10-16-11)8-9-19-15-7-5-4-6-14(15)13(3)18/h4-7,10H,8-9H2,1-3H3. The summed E-state index contributed by atoms with van der Waals surface area (Å²) in [5.74, 6) is 0.662. The number of carbonyl (C=O) groups is 1. The molecule has 4 nitrogen and oxygen atoms in total. The van der Waals surface area contributed by atoms with Crippen LogP contribution in [0.25, 0.3) is 0 Å². The largest absolute Gasteiger partial charge is 0.491 e. The van der Waals surface area contributed by atoms with Crippen molar-refractivity contribution in [3.63, 3.8) is 0 Å². The number of benzene rings is 1. The zero-order chi connectivity index (χ0) is 13.8. The molecule has 0 aliphatic carbocycles. The molecule has 0 fully saturated rings. The lowest BCUT2D eigenvalue weighted by Gasteiger charge is -2.10. The second kappa shape index (κ2) is 5.69. The predicted molar refractivity (Wildman–Crippen MR) is 73.6 cm³/mol. The summed E-state index contributed by atoms with van der Waals surface area (Å²) in [4.78, 5) is 15.7. The lowest BCUT2D eigenvalue weighted by atomic mass is 10.1. The average molecular weight is 258 g/mol. The van der Waals surface area contributed by atoms with Gasteiger partial charge in [-0.3, -0.25) is 4.79 Å². The molecule has 0 amide bonds. The maximum Gasteiger partial charge on any atom is 0.163 e. The highest BCUT2D eigenvalue weighted by Crippen LogP contribution is 2.18. The number of rotatable bonds is 5. The van der Waals surface area contributed by atoms with Gasteiger partial charge in [-0.1, -0.05) is 12.1 Å². The van der Waals surface area contributed by atoms with E-state index in [0.29, 0.717) is 17.9 Å². The van der Waals surface area contributed by atoms with E-state index in [2.05, 4.69) is 4.98 Å². The molecular weight excluding hydrogens is 240 g/mol.